The molecule has 1 aromatic carbocycles. The van der Waals surface area contributed by atoms with E-state index in [4.69, 9.17) is 0 Å². The van der Waals surface area contributed by atoms with Crippen LogP contribution >= 0.6 is 23.1 Å². The molecule has 4 nitrogen and oxygen atoms in total. The Morgan fingerprint density at radius 3 is 3.09 bits per heavy atom. The number of fused-ring (bicyclic) bond motifs is 1. The zero-order chi connectivity index (χ0) is 16.3. The van der Waals surface area contributed by atoms with Crippen molar-refractivity contribution < 1.29 is 9.90 Å². The number of nitrogens with one attached hydrogen (secondary N) is 1. The van der Waals surface area contributed by atoms with E-state index in [-0.39, 0.29) is 11.2 Å². The van der Waals surface area contributed by atoms with Crippen LogP contribution in [0.2, 0.25) is 0 Å². The molecule has 3 rings (SSSR count). The smallest absolute Gasteiger partial charge is 0.244 e. The number of rotatable bonds is 6. The molecule has 1 heterocycles. The molecule has 0 spiro atoms. The van der Waals surface area contributed by atoms with E-state index in [9.17, 15) is 9.90 Å². The van der Waals surface area contributed by atoms with Gasteiger partial charge in [-0.1, -0.05) is 19.1 Å². The van der Waals surface area contributed by atoms with E-state index in [0.29, 0.717) is 6.54 Å². The Morgan fingerprint density at radius 1 is 1.57 bits per heavy atom. The molecule has 0 bridgehead atoms. The second kappa shape index (κ2) is 7.03. The van der Waals surface area contributed by atoms with Gasteiger partial charge in [0.15, 0.2) is 0 Å². The quantitative estimate of drug-likeness (QED) is 0.788. The van der Waals surface area contributed by atoms with E-state index >= 15 is 0 Å². The van der Waals surface area contributed by atoms with Crippen LogP contribution in [-0.4, -0.2) is 39.1 Å². The maximum atomic E-state index is 11.9. The van der Waals surface area contributed by atoms with E-state index in [1.165, 1.54) is 6.08 Å². The van der Waals surface area contributed by atoms with Gasteiger partial charge in [-0.15, -0.1) is 11.3 Å². The highest BCUT2D eigenvalue weighted by Gasteiger charge is 2.45. The topological polar surface area (TPSA) is 62.2 Å². The molecule has 2 atom stereocenters. The monoisotopic (exact) mass is 348 g/mol. The molecule has 122 valence electrons. The minimum absolute atomic E-state index is 0.190. The summed E-state index contributed by atoms with van der Waals surface area (Å²) >= 11 is 3.32. The fourth-order valence-corrected chi connectivity index (χ4v) is 4.71. The van der Waals surface area contributed by atoms with Crippen LogP contribution in [0.4, 0.5) is 0 Å². The number of thioether (sulfide) groups is 1. The molecular weight excluding hydrogens is 328 g/mol. The average Bonchev–Trinajstić information content (AvgIpc) is 2.97. The number of nitrogens with zero attached hydrogens (tertiary/aromatic N) is 1. The van der Waals surface area contributed by atoms with Gasteiger partial charge in [0.1, 0.15) is 5.01 Å². The van der Waals surface area contributed by atoms with Crippen molar-refractivity contribution in [2.75, 3.05) is 12.3 Å². The third-order valence-corrected chi connectivity index (χ3v) is 6.47. The van der Waals surface area contributed by atoms with Crippen molar-refractivity contribution in [3.63, 3.8) is 0 Å². The third kappa shape index (κ3) is 3.76. The van der Waals surface area contributed by atoms with Crippen LogP contribution in [0.25, 0.3) is 16.3 Å². The molecule has 0 radical (unpaired) electrons. The number of thiazole rings is 1. The molecule has 2 N–H and O–H groups in total. The van der Waals surface area contributed by atoms with Crippen molar-refractivity contribution in [1.29, 1.82) is 0 Å². The van der Waals surface area contributed by atoms with Crippen molar-refractivity contribution in [3.8, 4) is 0 Å². The summed E-state index contributed by atoms with van der Waals surface area (Å²) in [5.74, 6) is 0.795. The number of carbonyl (C=O) groups excluding carboxylic acids is 1. The van der Waals surface area contributed by atoms with Crippen LogP contribution < -0.4 is 5.32 Å². The highest BCUT2D eigenvalue weighted by atomic mass is 32.2. The van der Waals surface area contributed by atoms with Crippen molar-refractivity contribution >= 4 is 45.3 Å². The highest BCUT2D eigenvalue weighted by Crippen LogP contribution is 2.40. The van der Waals surface area contributed by atoms with E-state index in [1.54, 1.807) is 29.2 Å². The Bertz CT molecular complexity index is 695. The van der Waals surface area contributed by atoms with Crippen molar-refractivity contribution in [2.45, 2.75) is 30.6 Å². The third-order valence-electron chi connectivity index (χ3n) is 4.06. The molecule has 1 saturated carbocycles. The summed E-state index contributed by atoms with van der Waals surface area (Å²) in [6.45, 7) is 2.40. The van der Waals surface area contributed by atoms with Gasteiger partial charge in [0.2, 0.25) is 5.91 Å². The van der Waals surface area contributed by atoms with Crippen LogP contribution in [0.1, 0.15) is 24.8 Å². The van der Waals surface area contributed by atoms with Gasteiger partial charge in [-0.3, -0.25) is 4.79 Å². The largest absolute Gasteiger partial charge is 0.387 e. The summed E-state index contributed by atoms with van der Waals surface area (Å²) in [5.41, 5.74) is 0.195. The molecule has 1 aromatic heterocycles. The van der Waals surface area contributed by atoms with Crippen LogP contribution in [0.3, 0.4) is 0 Å². The predicted molar refractivity (Wildman–Crippen MR) is 97.8 cm³/mol. The lowest BCUT2D eigenvalue weighted by molar-refractivity contribution is -0.118. The van der Waals surface area contributed by atoms with Crippen molar-refractivity contribution in [2.24, 2.45) is 0 Å². The van der Waals surface area contributed by atoms with E-state index < -0.39 is 5.60 Å². The van der Waals surface area contributed by atoms with Gasteiger partial charge in [-0.05, 0) is 36.8 Å². The summed E-state index contributed by atoms with van der Waals surface area (Å²) in [6, 6.07) is 7.90. The summed E-state index contributed by atoms with van der Waals surface area (Å²) in [5, 5.41) is 14.3. The van der Waals surface area contributed by atoms with E-state index in [1.807, 2.05) is 24.3 Å². The maximum Gasteiger partial charge on any atom is 0.244 e. The molecule has 1 aliphatic rings. The van der Waals surface area contributed by atoms with Crippen molar-refractivity contribution in [3.05, 3.63) is 35.3 Å². The molecule has 23 heavy (non-hydrogen) atoms. The Morgan fingerprint density at radius 2 is 2.39 bits per heavy atom. The molecule has 6 heteroatoms. The Hall–Kier alpha value is -1.37. The molecule has 2 aromatic rings. The molecule has 0 aliphatic heterocycles. The molecule has 1 aliphatic carbocycles. The lowest BCUT2D eigenvalue weighted by atomic mass is 9.79. The average molecular weight is 348 g/mol. The zero-order valence-electron chi connectivity index (χ0n) is 13.0. The standard InChI is InChI=1S/C17H20N2O2S2/c1-2-22-14-9-10-17(14,21)11-18-15(20)7-8-16-19-12-5-3-4-6-13(12)23-16/h3-8,14,21H,2,9-11H2,1H3,(H,18,20). The van der Waals surface area contributed by atoms with Gasteiger partial charge in [0.05, 0.1) is 15.8 Å². The number of hydrogen-bond donors (Lipinski definition) is 2. The van der Waals surface area contributed by atoms with Crippen molar-refractivity contribution in [1.82, 2.24) is 10.3 Å². The normalized spacial score (nSPS) is 24.0. The second-order valence-electron chi connectivity index (χ2n) is 5.66. The second-order valence-corrected chi connectivity index (χ2v) is 8.20. The minimum atomic E-state index is -0.750. The lowest BCUT2D eigenvalue weighted by Gasteiger charge is -2.44. The van der Waals surface area contributed by atoms with Crippen LogP contribution in [0.5, 0.6) is 0 Å². The van der Waals surface area contributed by atoms with Crippen LogP contribution in [0, 0.1) is 0 Å². The first-order valence-electron chi connectivity index (χ1n) is 7.76. The predicted octanol–water partition coefficient (Wildman–Crippen LogP) is 3.07. The number of benzene rings is 1. The maximum absolute atomic E-state index is 11.9. The zero-order valence-corrected chi connectivity index (χ0v) is 14.6. The van der Waals surface area contributed by atoms with Gasteiger partial charge in [-0.25, -0.2) is 4.98 Å². The molecule has 2 unspecified atom stereocenters. The number of para-hydroxylation sites is 1. The van der Waals surface area contributed by atoms with Gasteiger partial charge in [0, 0.05) is 17.9 Å². The number of hydrogen-bond acceptors (Lipinski definition) is 5. The first-order valence-corrected chi connectivity index (χ1v) is 9.63. The Labute approximate surface area is 144 Å². The summed E-state index contributed by atoms with van der Waals surface area (Å²) in [6.07, 6.45) is 4.99. The number of aromatic nitrogens is 1. The molecular formula is C17H20N2O2S2. The summed E-state index contributed by atoms with van der Waals surface area (Å²) < 4.78 is 1.11. The van der Waals surface area contributed by atoms with Crippen LogP contribution in [0.15, 0.2) is 30.3 Å². The van der Waals surface area contributed by atoms with Crippen LogP contribution in [-0.2, 0) is 4.79 Å². The van der Waals surface area contributed by atoms with Gasteiger partial charge < -0.3 is 10.4 Å². The SMILES string of the molecule is CCSC1CCC1(O)CNC(=O)C=Cc1nc2ccccc2s1. The van der Waals surface area contributed by atoms with Gasteiger partial charge in [-0.2, -0.15) is 11.8 Å². The molecule has 1 fully saturated rings. The van der Waals surface area contributed by atoms with E-state index in [0.717, 1.165) is 33.8 Å². The number of carbonyl (C=O) groups is 1. The summed E-state index contributed by atoms with van der Waals surface area (Å²) in [4.78, 5) is 16.4. The molecule has 1 amide bonds. The lowest BCUT2D eigenvalue weighted by Crippen LogP contribution is -2.56. The van der Waals surface area contributed by atoms with E-state index in [2.05, 4.69) is 17.2 Å². The first-order chi connectivity index (χ1) is 11.1. The van der Waals surface area contributed by atoms with Gasteiger partial charge >= 0.3 is 0 Å². The molecule has 0 saturated heterocycles. The number of amides is 1. The highest BCUT2D eigenvalue weighted by molar-refractivity contribution is 8.00. The fourth-order valence-electron chi connectivity index (χ4n) is 2.64. The fraction of sp³-hybridized carbons (Fsp3) is 0.412. The van der Waals surface area contributed by atoms with Gasteiger partial charge in [0.25, 0.3) is 0 Å². The minimum Gasteiger partial charge on any atom is -0.387 e. The Kier molecular flexibility index (Phi) is 5.04. The first kappa shape index (κ1) is 16.5. The Balaban J connectivity index is 1.55. The number of aliphatic hydroxyl groups is 1. The summed E-state index contributed by atoms with van der Waals surface area (Å²) in [7, 11) is 0.